The molecule has 3 aromatic rings. The molecule has 1 saturated heterocycles. The average Bonchev–Trinajstić information content (AvgIpc) is 3.17. The topological polar surface area (TPSA) is 93.7 Å². The molecule has 1 aromatic carbocycles. The van der Waals surface area contributed by atoms with Crippen LogP contribution in [0.3, 0.4) is 0 Å². The van der Waals surface area contributed by atoms with E-state index in [9.17, 15) is 13.2 Å². The summed E-state index contributed by atoms with van der Waals surface area (Å²) in [7, 11) is 1.89. The lowest BCUT2D eigenvalue weighted by molar-refractivity contribution is 0.149. The quantitative estimate of drug-likeness (QED) is 0.478. The van der Waals surface area contributed by atoms with E-state index in [0.717, 1.165) is 17.7 Å². The number of nitrogens with one attached hydrogen (secondary N) is 3. The third kappa shape index (κ3) is 4.61. The van der Waals surface area contributed by atoms with E-state index in [1.165, 1.54) is 0 Å². The van der Waals surface area contributed by atoms with Gasteiger partial charge in [0.15, 0.2) is 0 Å². The van der Waals surface area contributed by atoms with Crippen molar-refractivity contribution in [1.29, 1.82) is 5.53 Å². The Bertz CT molecular complexity index is 1080. The van der Waals surface area contributed by atoms with E-state index < -0.39 is 19.1 Å². The molecule has 0 saturated carbocycles. The van der Waals surface area contributed by atoms with Crippen LogP contribution >= 0.6 is 0 Å². The van der Waals surface area contributed by atoms with Gasteiger partial charge < -0.3 is 15.5 Å². The van der Waals surface area contributed by atoms with Gasteiger partial charge in [0.05, 0.1) is 30.0 Å². The number of nitrogens with zero attached hydrogens (tertiary/aromatic N) is 5. The van der Waals surface area contributed by atoms with Gasteiger partial charge in [0.25, 0.3) is 6.43 Å². The zero-order chi connectivity index (χ0) is 22.0. The van der Waals surface area contributed by atoms with Crippen molar-refractivity contribution in [2.45, 2.75) is 25.1 Å². The van der Waals surface area contributed by atoms with Crippen LogP contribution in [-0.2, 0) is 0 Å². The Morgan fingerprint density at radius 2 is 2.19 bits per heavy atom. The maximum absolute atomic E-state index is 14.3. The Kier molecular flexibility index (Phi) is 6.03. The fourth-order valence-electron chi connectivity index (χ4n) is 3.73. The number of alkyl halides is 3. The zero-order valence-corrected chi connectivity index (χ0v) is 16.9. The Balaban J connectivity index is 0.00000289. The first-order valence-corrected chi connectivity index (χ1v) is 9.92. The molecule has 3 N–H and O–H groups in total. The van der Waals surface area contributed by atoms with Gasteiger partial charge in [-0.3, -0.25) is 0 Å². The maximum Gasteiger partial charge on any atom is 0.255 e. The summed E-state index contributed by atoms with van der Waals surface area (Å²) in [6.45, 7) is 0.639. The number of rotatable bonds is 7. The van der Waals surface area contributed by atoms with Crippen molar-refractivity contribution in [2.75, 3.05) is 37.3 Å². The van der Waals surface area contributed by atoms with E-state index in [0.29, 0.717) is 30.1 Å². The number of piperidine rings is 1. The van der Waals surface area contributed by atoms with Gasteiger partial charge in [-0.15, -0.1) is 5.10 Å². The number of hydrogen-bond acceptors (Lipinski definition) is 7. The largest absolute Gasteiger partial charge is 0.377 e. The normalized spacial score (nSPS) is 19.6. The lowest BCUT2D eigenvalue weighted by Gasteiger charge is -2.32. The third-order valence-corrected chi connectivity index (χ3v) is 5.35. The fourth-order valence-corrected chi connectivity index (χ4v) is 3.73. The molecule has 2 atom stereocenters. The summed E-state index contributed by atoms with van der Waals surface area (Å²) in [5.41, 5.74) is 10.1. The summed E-state index contributed by atoms with van der Waals surface area (Å²) < 4.78 is 41.1. The van der Waals surface area contributed by atoms with Gasteiger partial charge in [-0.1, -0.05) is 6.07 Å². The number of hydrogen-bond donors (Lipinski definition) is 3. The maximum atomic E-state index is 14.3. The summed E-state index contributed by atoms with van der Waals surface area (Å²) in [6, 6.07) is 6.52. The summed E-state index contributed by atoms with van der Waals surface area (Å²) in [4.78, 5) is 6.30. The Morgan fingerprint density at radius 1 is 1.35 bits per heavy atom. The van der Waals surface area contributed by atoms with Gasteiger partial charge in [-0.2, -0.15) is 5.11 Å². The van der Waals surface area contributed by atoms with Gasteiger partial charge in [0.2, 0.25) is 5.95 Å². The van der Waals surface area contributed by atoms with Crippen LogP contribution in [0.25, 0.3) is 16.6 Å². The molecule has 4 rings (SSSR count). The van der Waals surface area contributed by atoms with Crippen molar-refractivity contribution in [2.24, 2.45) is 5.11 Å². The number of aromatic nitrogens is 3. The highest BCUT2D eigenvalue weighted by atomic mass is 19.3. The zero-order valence-electron chi connectivity index (χ0n) is 16.9. The number of likely N-dealkylation sites (tertiary alicyclic amines) is 1. The van der Waals surface area contributed by atoms with Crippen molar-refractivity contribution in [3.63, 3.8) is 0 Å². The second kappa shape index (κ2) is 8.88. The molecule has 11 heteroatoms. The van der Waals surface area contributed by atoms with Crippen LogP contribution in [0.4, 0.5) is 30.5 Å². The minimum atomic E-state index is -2.52. The molecule has 8 nitrogen and oxygen atoms in total. The molecule has 1 fully saturated rings. The molecule has 31 heavy (non-hydrogen) atoms. The Hall–Kier alpha value is -3.21. The van der Waals surface area contributed by atoms with Crippen molar-refractivity contribution in [1.82, 2.24) is 19.5 Å². The molecule has 0 bridgehead atoms. The number of anilines is 2. The van der Waals surface area contributed by atoms with E-state index in [1.807, 2.05) is 18.0 Å². The first-order chi connectivity index (χ1) is 14.9. The lowest BCUT2D eigenvalue weighted by Crippen LogP contribution is -2.46. The number of halogens is 3. The van der Waals surface area contributed by atoms with E-state index in [1.54, 1.807) is 35.1 Å². The monoisotopic (exact) mass is 434 g/mol. The lowest BCUT2D eigenvalue weighted by atomic mass is 10.0. The van der Waals surface area contributed by atoms with Crippen molar-refractivity contribution in [3.8, 4) is 11.1 Å². The van der Waals surface area contributed by atoms with Crippen LogP contribution < -0.4 is 10.6 Å². The second-order valence-electron chi connectivity index (χ2n) is 7.57. The van der Waals surface area contributed by atoms with Crippen LogP contribution in [0.15, 0.2) is 41.8 Å². The fraction of sp³-hybridized carbons (Fsp3) is 0.400. The van der Waals surface area contributed by atoms with Crippen molar-refractivity contribution >= 4 is 22.8 Å². The number of benzene rings is 1. The van der Waals surface area contributed by atoms with Crippen molar-refractivity contribution < 1.29 is 14.6 Å². The molecule has 166 valence electrons. The highest BCUT2D eigenvalue weighted by Crippen LogP contribution is 2.33. The molecule has 0 radical (unpaired) electrons. The van der Waals surface area contributed by atoms with Crippen LogP contribution in [-0.4, -0.2) is 64.8 Å². The smallest absolute Gasteiger partial charge is 0.255 e. The van der Waals surface area contributed by atoms with Crippen LogP contribution in [0.5, 0.6) is 0 Å². The standard InChI is InChI=1S/C20H23F3N8.H2/c1-30-6-5-15(14(21)11-30)27-20-26-9-18-13(4-7-31(18)29-20)12-2-3-16(28-24)17(8-12)25-10-19(22)23;/h2-4,7-9,14-15,19,24-25H,5-6,10-11H2,1H3,(H,27,29);1H/t14-,15+;/m1./s1. The first kappa shape index (κ1) is 21.0. The molecule has 1 aliphatic rings. The average molecular weight is 434 g/mol. The molecule has 1 aliphatic heterocycles. The molecular weight excluding hydrogens is 409 g/mol. The van der Waals surface area contributed by atoms with E-state index in [4.69, 9.17) is 5.53 Å². The van der Waals surface area contributed by atoms with Gasteiger partial charge in [0.1, 0.15) is 11.9 Å². The molecular formula is C20H25F3N8. The highest BCUT2D eigenvalue weighted by molar-refractivity contribution is 5.84. The highest BCUT2D eigenvalue weighted by Gasteiger charge is 2.28. The summed E-state index contributed by atoms with van der Waals surface area (Å²) in [6.07, 6.45) is 0.539. The summed E-state index contributed by atoms with van der Waals surface area (Å²) >= 11 is 0. The minimum absolute atomic E-state index is 0. The van der Waals surface area contributed by atoms with Gasteiger partial charge in [-0.05, 0) is 37.2 Å². The minimum Gasteiger partial charge on any atom is -0.377 e. The predicted octanol–water partition coefficient (Wildman–Crippen LogP) is 4.44. The summed E-state index contributed by atoms with van der Waals surface area (Å²) in [5, 5.41) is 13.5. The number of fused-ring (bicyclic) bond motifs is 1. The van der Waals surface area contributed by atoms with Gasteiger partial charge in [-0.25, -0.2) is 28.2 Å². The molecule has 0 amide bonds. The Labute approximate surface area is 178 Å². The SMILES string of the molecule is CN1CC[C@H](Nc2ncc3c(-c4ccc(N=N)c(NCC(F)F)c4)ccn3n2)[C@H](F)C1.[HH]. The first-order valence-electron chi connectivity index (χ1n) is 9.92. The third-order valence-electron chi connectivity index (χ3n) is 5.35. The molecule has 2 aromatic heterocycles. The van der Waals surface area contributed by atoms with Crippen LogP contribution in [0, 0.1) is 5.53 Å². The van der Waals surface area contributed by atoms with Gasteiger partial charge >= 0.3 is 0 Å². The molecule has 0 aliphatic carbocycles. The van der Waals surface area contributed by atoms with Gasteiger partial charge in [0, 0.05) is 26.3 Å². The van der Waals surface area contributed by atoms with E-state index >= 15 is 0 Å². The summed E-state index contributed by atoms with van der Waals surface area (Å²) in [5.74, 6) is 0.342. The van der Waals surface area contributed by atoms with Crippen molar-refractivity contribution in [3.05, 3.63) is 36.7 Å². The van der Waals surface area contributed by atoms with E-state index in [2.05, 4.69) is 25.8 Å². The van der Waals surface area contributed by atoms with Crippen LogP contribution in [0.2, 0.25) is 0 Å². The molecule has 3 heterocycles. The molecule has 0 spiro atoms. The second-order valence-corrected chi connectivity index (χ2v) is 7.57. The van der Waals surface area contributed by atoms with E-state index in [-0.39, 0.29) is 13.2 Å². The van der Waals surface area contributed by atoms with Crippen LogP contribution in [0.1, 0.15) is 7.85 Å². The Morgan fingerprint density at radius 3 is 2.94 bits per heavy atom. The predicted molar refractivity (Wildman–Crippen MR) is 114 cm³/mol. The molecule has 0 unspecified atom stereocenters.